The molecule has 0 aliphatic heterocycles. The molecule has 0 atom stereocenters. The van der Waals surface area contributed by atoms with Gasteiger partial charge in [-0.25, -0.2) is 0 Å². The summed E-state index contributed by atoms with van der Waals surface area (Å²) in [5.74, 6) is 0.820. The van der Waals surface area contributed by atoms with E-state index in [1.165, 1.54) is 25.7 Å². The average Bonchev–Trinajstić information content (AvgIpc) is 2.20. The zero-order chi connectivity index (χ0) is 12.2. The first kappa shape index (κ1) is 13.5. The molecule has 0 saturated heterocycles. The second kappa shape index (κ2) is 5.70. The Balaban J connectivity index is 2.30. The summed E-state index contributed by atoms with van der Waals surface area (Å²) in [6.45, 7) is 7.99. The number of esters is 1. The summed E-state index contributed by atoms with van der Waals surface area (Å²) in [6, 6.07) is 0. The summed E-state index contributed by atoms with van der Waals surface area (Å²) in [4.78, 5) is 11.7. The number of hydrogen-bond acceptors (Lipinski definition) is 2. The largest absolute Gasteiger partial charge is 0.462 e. The lowest BCUT2D eigenvalue weighted by molar-refractivity contribution is -0.160. The maximum atomic E-state index is 11.7. The van der Waals surface area contributed by atoms with Crippen LogP contribution in [-0.4, -0.2) is 12.1 Å². The molecule has 2 nitrogen and oxygen atoms in total. The number of ether oxygens (including phenoxy) is 1. The van der Waals surface area contributed by atoms with Gasteiger partial charge in [0.05, 0.1) is 5.41 Å². The van der Waals surface area contributed by atoms with Gasteiger partial charge in [0.1, 0.15) is 6.10 Å². The van der Waals surface area contributed by atoms with E-state index >= 15 is 0 Å². The molecule has 0 aromatic carbocycles. The van der Waals surface area contributed by atoms with E-state index in [-0.39, 0.29) is 17.5 Å². The van der Waals surface area contributed by atoms with Crippen LogP contribution in [-0.2, 0) is 9.53 Å². The maximum Gasteiger partial charge on any atom is 0.311 e. The van der Waals surface area contributed by atoms with Gasteiger partial charge in [0, 0.05) is 0 Å². The van der Waals surface area contributed by atoms with Crippen LogP contribution in [0.4, 0.5) is 0 Å². The van der Waals surface area contributed by atoms with Crippen LogP contribution in [0, 0.1) is 11.3 Å². The highest BCUT2D eigenvalue weighted by atomic mass is 16.5. The standard InChI is InChI=1S/C14H26O2/c1-5-6-11-7-9-12(10-8-11)16-13(15)14(2,3)4/h11-12H,5-10H2,1-4H3. The van der Waals surface area contributed by atoms with Crippen molar-refractivity contribution in [3.8, 4) is 0 Å². The minimum absolute atomic E-state index is 0.0496. The first-order valence-electron chi connectivity index (χ1n) is 6.64. The second-order valence-electron chi connectivity index (χ2n) is 6.09. The predicted octanol–water partition coefficient (Wildman–Crippen LogP) is 3.93. The predicted molar refractivity (Wildman–Crippen MR) is 66.2 cm³/mol. The molecular weight excluding hydrogens is 200 g/mol. The maximum absolute atomic E-state index is 11.7. The van der Waals surface area contributed by atoms with Crippen molar-refractivity contribution in [2.24, 2.45) is 11.3 Å². The number of carbonyl (C=O) groups is 1. The van der Waals surface area contributed by atoms with Crippen LogP contribution in [0.5, 0.6) is 0 Å². The van der Waals surface area contributed by atoms with Crippen LogP contribution < -0.4 is 0 Å². The van der Waals surface area contributed by atoms with Crippen molar-refractivity contribution in [1.82, 2.24) is 0 Å². The third-order valence-corrected chi connectivity index (χ3v) is 3.38. The Labute approximate surface area is 99.8 Å². The van der Waals surface area contributed by atoms with Gasteiger partial charge in [-0.3, -0.25) is 4.79 Å². The normalized spacial score (nSPS) is 26.5. The van der Waals surface area contributed by atoms with E-state index in [4.69, 9.17) is 4.74 Å². The Morgan fingerprint density at radius 1 is 1.19 bits per heavy atom. The molecule has 0 unspecified atom stereocenters. The monoisotopic (exact) mass is 226 g/mol. The molecular formula is C14H26O2. The molecule has 16 heavy (non-hydrogen) atoms. The first-order chi connectivity index (χ1) is 7.43. The molecule has 1 aliphatic rings. The third-order valence-electron chi connectivity index (χ3n) is 3.38. The van der Waals surface area contributed by atoms with Gasteiger partial charge >= 0.3 is 5.97 Å². The highest BCUT2D eigenvalue weighted by molar-refractivity contribution is 5.75. The number of carbonyl (C=O) groups excluding carboxylic acids is 1. The average molecular weight is 226 g/mol. The van der Waals surface area contributed by atoms with Crippen LogP contribution in [0.25, 0.3) is 0 Å². The van der Waals surface area contributed by atoms with Crippen LogP contribution in [0.3, 0.4) is 0 Å². The molecule has 2 heteroatoms. The highest BCUT2D eigenvalue weighted by Gasteiger charge is 2.28. The lowest BCUT2D eigenvalue weighted by Crippen LogP contribution is -2.30. The van der Waals surface area contributed by atoms with Crippen molar-refractivity contribution in [3.63, 3.8) is 0 Å². The van der Waals surface area contributed by atoms with Gasteiger partial charge in [0.15, 0.2) is 0 Å². The van der Waals surface area contributed by atoms with Crippen molar-refractivity contribution < 1.29 is 9.53 Å². The van der Waals surface area contributed by atoms with Crippen molar-refractivity contribution in [1.29, 1.82) is 0 Å². The Morgan fingerprint density at radius 3 is 2.19 bits per heavy atom. The van der Waals surface area contributed by atoms with Crippen molar-refractivity contribution >= 4 is 5.97 Å². The number of hydrogen-bond donors (Lipinski definition) is 0. The van der Waals surface area contributed by atoms with Crippen molar-refractivity contribution in [2.75, 3.05) is 0 Å². The fourth-order valence-electron chi connectivity index (χ4n) is 2.27. The molecule has 0 N–H and O–H groups in total. The molecule has 1 rings (SSSR count). The van der Waals surface area contributed by atoms with Crippen LogP contribution >= 0.6 is 0 Å². The van der Waals surface area contributed by atoms with Gasteiger partial charge < -0.3 is 4.74 Å². The molecule has 0 spiro atoms. The molecule has 1 aliphatic carbocycles. The number of rotatable bonds is 3. The Hall–Kier alpha value is -0.530. The van der Waals surface area contributed by atoms with Crippen molar-refractivity contribution in [2.45, 2.75) is 72.3 Å². The summed E-state index contributed by atoms with van der Waals surface area (Å²) < 4.78 is 5.54. The van der Waals surface area contributed by atoms with Gasteiger partial charge in [-0.2, -0.15) is 0 Å². The van der Waals surface area contributed by atoms with E-state index in [1.807, 2.05) is 20.8 Å². The van der Waals surface area contributed by atoms with Gasteiger partial charge in [-0.1, -0.05) is 19.8 Å². The fourth-order valence-corrected chi connectivity index (χ4v) is 2.27. The van der Waals surface area contributed by atoms with Gasteiger partial charge in [0.2, 0.25) is 0 Å². The van der Waals surface area contributed by atoms with E-state index in [2.05, 4.69) is 6.92 Å². The van der Waals surface area contributed by atoms with Gasteiger partial charge in [-0.15, -0.1) is 0 Å². The second-order valence-corrected chi connectivity index (χ2v) is 6.09. The lowest BCUT2D eigenvalue weighted by Gasteiger charge is -2.30. The minimum Gasteiger partial charge on any atom is -0.462 e. The quantitative estimate of drug-likeness (QED) is 0.681. The first-order valence-corrected chi connectivity index (χ1v) is 6.64. The van der Waals surface area contributed by atoms with Gasteiger partial charge in [-0.05, 0) is 52.4 Å². The zero-order valence-corrected chi connectivity index (χ0v) is 11.2. The van der Waals surface area contributed by atoms with Crippen LogP contribution in [0.2, 0.25) is 0 Å². The van der Waals surface area contributed by atoms with E-state index in [1.54, 1.807) is 0 Å². The molecule has 0 amide bonds. The molecule has 0 radical (unpaired) electrons. The molecule has 94 valence electrons. The molecule has 0 aromatic heterocycles. The SMILES string of the molecule is CCCC1CCC(OC(=O)C(C)(C)C)CC1. The summed E-state index contributed by atoms with van der Waals surface area (Å²) in [6.07, 6.45) is 7.38. The van der Waals surface area contributed by atoms with Crippen LogP contribution in [0.1, 0.15) is 66.2 Å². The zero-order valence-electron chi connectivity index (χ0n) is 11.2. The third kappa shape index (κ3) is 4.15. The Kier molecular flexibility index (Phi) is 4.82. The van der Waals surface area contributed by atoms with Crippen LogP contribution in [0.15, 0.2) is 0 Å². The topological polar surface area (TPSA) is 26.3 Å². The highest BCUT2D eigenvalue weighted by Crippen LogP contribution is 2.30. The fraction of sp³-hybridized carbons (Fsp3) is 0.929. The molecule has 0 aromatic rings. The van der Waals surface area contributed by atoms with E-state index in [0.29, 0.717) is 0 Å². The summed E-state index contributed by atoms with van der Waals surface area (Å²) in [5, 5.41) is 0. The Bertz CT molecular complexity index is 219. The van der Waals surface area contributed by atoms with Crippen molar-refractivity contribution in [3.05, 3.63) is 0 Å². The molecule has 1 saturated carbocycles. The summed E-state index contributed by atoms with van der Waals surface area (Å²) in [5.41, 5.74) is -0.361. The smallest absolute Gasteiger partial charge is 0.311 e. The molecule has 1 fully saturated rings. The lowest BCUT2D eigenvalue weighted by atomic mass is 9.84. The summed E-state index contributed by atoms with van der Waals surface area (Å²) in [7, 11) is 0. The molecule has 0 bridgehead atoms. The Morgan fingerprint density at radius 2 is 1.75 bits per heavy atom. The minimum atomic E-state index is -0.361. The summed E-state index contributed by atoms with van der Waals surface area (Å²) >= 11 is 0. The van der Waals surface area contributed by atoms with Gasteiger partial charge in [0.25, 0.3) is 0 Å². The van der Waals surface area contributed by atoms with E-state index in [0.717, 1.165) is 18.8 Å². The van der Waals surface area contributed by atoms with E-state index < -0.39 is 0 Å². The van der Waals surface area contributed by atoms with E-state index in [9.17, 15) is 4.79 Å². The molecule has 0 heterocycles.